The summed E-state index contributed by atoms with van der Waals surface area (Å²) >= 11 is 0. The van der Waals surface area contributed by atoms with E-state index in [2.05, 4.69) is 26.8 Å². The molecule has 0 bridgehead atoms. The van der Waals surface area contributed by atoms with Crippen molar-refractivity contribution in [3.63, 3.8) is 0 Å². The van der Waals surface area contributed by atoms with E-state index in [1.807, 2.05) is 13.8 Å². The van der Waals surface area contributed by atoms with Crippen molar-refractivity contribution in [2.24, 2.45) is 34.5 Å². The van der Waals surface area contributed by atoms with E-state index in [-0.39, 0.29) is 35.6 Å². The quantitative estimate of drug-likeness (QED) is 0.377. The number of fused-ring (bicyclic) bond motifs is 8. The number of hydrogen-bond acceptors (Lipinski definition) is 5. The zero-order valence-corrected chi connectivity index (χ0v) is 20.6. The van der Waals surface area contributed by atoms with Gasteiger partial charge in [-0.2, -0.15) is 0 Å². The van der Waals surface area contributed by atoms with Crippen molar-refractivity contribution in [2.45, 2.75) is 103 Å². The van der Waals surface area contributed by atoms with E-state index in [9.17, 15) is 14.7 Å². The molecule has 0 spiro atoms. The average Bonchev–Trinajstić information content (AvgIpc) is 3.52. The van der Waals surface area contributed by atoms with Gasteiger partial charge in [0.15, 0.2) is 0 Å². The van der Waals surface area contributed by atoms with Crippen LogP contribution in [0.15, 0.2) is 22.8 Å². The van der Waals surface area contributed by atoms with E-state index in [0.717, 1.165) is 37.7 Å². The average molecular weight is 455 g/mol. The Bertz CT molecular complexity index is 994. The van der Waals surface area contributed by atoms with Gasteiger partial charge in [-0.15, -0.1) is 0 Å². The van der Waals surface area contributed by atoms with Crippen molar-refractivity contribution in [3.8, 4) is 0 Å². The zero-order valence-electron chi connectivity index (χ0n) is 20.6. The van der Waals surface area contributed by atoms with Crippen LogP contribution in [0.2, 0.25) is 0 Å². The third kappa shape index (κ3) is 2.61. The van der Waals surface area contributed by atoms with Gasteiger partial charge in [0.05, 0.1) is 17.1 Å². The predicted molar refractivity (Wildman–Crippen MR) is 123 cm³/mol. The molecule has 4 fully saturated rings. The van der Waals surface area contributed by atoms with Crippen molar-refractivity contribution in [1.29, 1.82) is 0 Å². The first-order chi connectivity index (χ1) is 15.5. The molecule has 2 aliphatic heterocycles. The summed E-state index contributed by atoms with van der Waals surface area (Å²) in [5, 5.41) is 12.3. The summed E-state index contributed by atoms with van der Waals surface area (Å²) in [6.07, 6.45) is 8.00. The number of carbonyl (C=O) groups excluding carboxylic acids is 2. The Kier molecular flexibility index (Phi) is 4.55. The van der Waals surface area contributed by atoms with Crippen LogP contribution < -0.4 is 0 Å². The molecule has 10 unspecified atom stereocenters. The van der Waals surface area contributed by atoms with Gasteiger partial charge in [-0.05, 0) is 81.6 Å². The number of allylic oxidation sites excluding steroid dienone is 1. The van der Waals surface area contributed by atoms with E-state index < -0.39 is 11.0 Å². The molecule has 0 radical (unpaired) electrons. The molecule has 0 aromatic heterocycles. The summed E-state index contributed by atoms with van der Waals surface area (Å²) in [4.78, 5) is 25.7. The van der Waals surface area contributed by atoms with Crippen molar-refractivity contribution in [1.82, 2.24) is 0 Å². The SMILES string of the molecule is CC1=C(C)C(=O)OC(C(C)C2(O)CCC3C4C5OC5C5=CCCC(=O)C5(C)C4CCC32C)C1. The minimum absolute atomic E-state index is 0.101. The summed E-state index contributed by atoms with van der Waals surface area (Å²) in [7, 11) is 0. The standard InChI is InChI=1S/C28H38O5/c1-14-13-20(32-25(30)15(14)2)16(3)28(31)12-10-17-22-18(9-11-26(17,28)4)27(5)19(23-24(22)33-23)7-6-8-21(27)29/h7,16-18,20,22-24,31H,6,8-13H2,1-5H3. The number of rotatable bonds is 2. The number of hydrogen-bond donors (Lipinski definition) is 1. The molecule has 6 aliphatic rings. The fraction of sp³-hybridized carbons (Fsp3) is 0.786. The fourth-order valence-electron chi connectivity index (χ4n) is 9.10. The number of ether oxygens (including phenoxy) is 2. The Morgan fingerprint density at radius 3 is 2.58 bits per heavy atom. The Morgan fingerprint density at radius 2 is 1.85 bits per heavy atom. The molecule has 1 saturated heterocycles. The lowest BCUT2D eigenvalue weighted by Gasteiger charge is -2.58. The van der Waals surface area contributed by atoms with E-state index in [1.54, 1.807) is 0 Å². The van der Waals surface area contributed by atoms with Crippen LogP contribution in [-0.2, 0) is 19.1 Å². The summed E-state index contributed by atoms with van der Waals surface area (Å²) in [6, 6.07) is 0. The van der Waals surface area contributed by atoms with Gasteiger partial charge in [0.1, 0.15) is 18.0 Å². The topological polar surface area (TPSA) is 76.1 Å². The second kappa shape index (κ2) is 6.81. The molecular weight excluding hydrogens is 416 g/mol. The lowest BCUT2D eigenvalue weighted by Crippen LogP contribution is -2.61. The zero-order chi connectivity index (χ0) is 23.5. The number of aliphatic hydroxyl groups is 1. The highest BCUT2D eigenvalue weighted by Gasteiger charge is 2.73. The van der Waals surface area contributed by atoms with E-state index >= 15 is 0 Å². The second-order valence-corrected chi connectivity index (χ2v) is 12.4. The van der Waals surface area contributed by atoms with Gasteiger partial charge in [-0.3, -0.25) is 4.79 Å². The van der Waals surface area contributed by atoms with Crippen LogP contribution in [0.3, 0.4) is 0 Å². The molecule has 10 atom stereocenters. The van der Waals surface area contributed by atoms with Crippen molar-refractivity contribution < 1.29 is 24.2 Å². The molecule has 1 N–H and O–H groups in total. The molecule has 0 aromatic rings. The Balaban J connectivity index is 1.33. The van der Waals surface area contributed by atoms with Crippen LogP contribution in [0, 0.1) is 34.5 Å². The first-order valence-electron chi connectivity index (χ1n) is 13.0. The Labute approximate surface area is 197 Å². The lowest BCUT2D eigenvalue weighted by atomic mass is 9.45. The van der Waals surface area contributed by atoms with Gasteiger partial charge in [0.2, 0.25) is 0 Å². The maximum absolute atomic E-state index is 13.3. The molecule has 2 heterocycles. The monoisotopic (exact) mass is 454 g/mol. The maximum Gasteiger partial charge on any atom is 0.333 e. The number of cyclic esters (lactones) is 1. The Morgan fingerprint density at radius 1 is 1.12 bits per heavy atom. The van der Waals surface area contributed by atoms with Crippen LogP contribution in [0.4, 0.5) is 0 Å². The highest BCUT2D eigenvalue weighted by Crippen LogP contribution is 2.71. The Hall–Kier alpha value is -1.46. The van der Waals surface area contributed by atoms with Gasteiger partial charge in [0, 0.05) is 24.3 Å². The highest BCUT2D eigenvalue weighted by molar-refractivity contribution is 5.90. The number of Topliss-reactive ketones (excluding diaryl/α,β-unsaturated/α-hetero) is 1. The number of epoxide rings is 1. The molecule has 6 rings (SSSR count). The largest absolute Gasteiger partial charge is 0.458 e. The summed E-state index contributed by atoms with van der Waals surface area (Å²) in [5.41, 5.74) is 1.47. The van der Waals surface area contributed by atoms with E-state index in [4.69, 9.17) is 9.47 Å². The van der Waals surface area contributed by atoms with Crippen LogP contribution in [0.25, 0.3) is 0 Å². The molecule has 5 nitrogen and oxygen atoms in total. The molecule has 180 valence electrons. The third-order valence-corrected chi connectivity index (χ3v) is 11.4. The number of ketones is 1. The smallest absolute Gasteiger partial charge is 0.333 e. The lowest BCUT2D eigenvalue weighted by molar-refractivity contribution is -0.182. The van der Waals surface area contributed by atoms with E-state index in [1.165, 1.54) is 5.57 Å². The molecule has 0 amide bonds. The van der Waals surface area contributed by atoms with Crippen LogP contribution in [0.1, 0.15) is 79.6 Å². The first kappa shape index (κ1) is 22.0. The van der Waals surface area contributed by atoms with E-state index in [0.29, 0.717) is 42.0 Å². The fourth-order valence-corrected chi connectivity index (χ4v) is 9.10. The predicted octanol–water partition coefficient (Wildman–Crippen LogP) is 4.52. The second-order valence-electron chi connectivity index (χ2n) is 12.4. The minimum Gasteiger partial charge on any atom is -0.458 e. The molecule has 33 heavy (non-hydrogen) atoms. The van der Waals surface area contributed by atoms with Crippen molar-refractivity contribution in [3.05, 3.63) is 22.8 Å². The number of esters is 1. The van der Waals surface area contributed by atoms with Gasteiger partial charge >= 0.3 is 5.97 Å². The molecule has 4 aliphatic carbocycles. The summed E-state index contributed by atoms with van der Waals surface area (Å²) < 4.78 is 12.1. The molecule has 3 saturated carbocycles. The molecule has 0 aromatic carbocycles. The van der Waals surface area contributed by atoms with Gasteiger partial charge in [-0.25, -0.2) is 4.79 Å². The van der Waals surface area contributed by atoms with Crippen molar-refractivity contribution in [2.75, 3.05) is 0 Å². The summed E-state index contributed by atoms with van der Waals surface area (Å²) in [6.45, 7) is 10.4. The van der Waals surface area contributed by atoms with Crippen molar-refractivity contribution >= 4 is 11.8 Å². The van der Waals surface area contributed by atoms with Gasteiger partial charge in [-0.1, -0.05) is 25.5 Å². The molecule has 5 heteroatoms. The molecular formula is C28H38O5. The summed E-state index contributed by atoms with van der Waals surface area (Å²) in [5.74, 6) is 0.948. The van der Waals surface area contributed by atoms with Gasteiger partial charge in [0.25, 0.3) is 0 Å². The van der Waals surface area contributed by atoms with Crippen LogP contribution in [0.5, 0.6) is 0 Å². The normalized spacial score (nSPS) is 51.6. The van der Waals surface area contributed by atoms with Gasteiger partial charge < -0.3 is 14.6 Å². The maximum atomic E-state index is 13.3. The van der Waals surface area contributed by atoms with Crippen LogP contribution in [-0.4, -0.2) is 40.8 Å². The third-order valence-electron chi connectivity index (χ3n) is 11.4. The highest BCUT2D eigenvalue weighted by atomic mass is 16.6. The minimum atomic E-state index is -0.892. The first-order valence-corrected chi connectivity index (χ1v) is 13.0. The number of carbonyl (C=O) groups is 2. The van der Waals surface area contributed by atoms with Crippen LogP contribution >= 0.6 is 0 Å².